The van der Waals surface area contributed by atoms with E-state index in [-0.39, 0.29) is 4.87 Å². The molecular formula is C19H21NOS. The van der Waals surface area contributed by atoms with Gasteiger partial charge in [-0.3, -0.25) is 0 Å². The lowest BCUT2D eigenvalue weighted by molar-refractivity contribution is 0.414. The van der Waals surface area contributed by atoms with Crippen LogP contribution < -0.4 is 4.74 Å². The summed E-state index contributed by atoms with van der Waals surface area (Å²) in [6.07, 6.45) is 2.25. The van der Waals surface area contributed by atoms with E-state index in [2.05, 4.69) is 67.9 Å². The predicted molar refractivity (Wildman–Crippen MR) is 94.8 cm³/mol. The van der Waals surface area contributed by atoms with Gasteiger partial charge >= 0.3 is 0 Å². The summed E-state index contributed by atoms with van der Waals surface area (Å²) >= 11 is 1.85. The van der Waals surface area contributed by atoms with E-state index >= 15 is 0 Å². The molecule has 0 aliphatic heterocycles. The van der Waals surface area contributed by atoms with Gasteiger partial charge < -0.3 is 9.30 Å². The third kappa shape index (κ3) is 2.73. The van der Waals surface area contributed by atoms with Crippen LogP contribution in [0.3, 0.4) is 0 Å². The Bertz CT molecular complexity index is 787. The van der Waals surface area contributed by atoms with Crippen molar-refractivity contribution in [3.63, 3.8) is 0 Å². The summed E-state index contributed by atoms with van der Waals surface area (Å²) in [4.78, 5) is 1.17. The van der Waals surface area contributed by atoms with Gasteiger partial charge in [0, 0.05) is 22.0 Å². The van der Waals surface area contributed by atoms with Gasteiger partial charge in [-0.2, -0.15) is 0 Å². The molecule has 0 aliphatic carbocycles. The Morgan fingerprint density at radius 3 is 2.36 bits per heavy atom. The molecule has 0 bridgehead atoms. The fraction of sp³-hybridized carbons (Fsp3) is 0.263. The highest BCUT2D eigenvalue weighted by atomic mass is 32.2. The summed E-state index contributed by atoms with van der Waals surface area (Å²) in [5.74, 6) is 0.893. The topological polar surface area (TPSA) is 14.2 Å². The molecule has 1 aromatic heterocycles. The fourth-order valence-corrected chi connectivity index (χ4v) is 3.88. The number of ether oxygens (including phenoxy) is 1. The van der Waals surface area contributed by atoms with Crippen LogP contribution in [0.1, 0.15) is 19.4 Å². The van der Waals surface area contributed by atoms with Crippen LogP contribution >= 0.6 is 11.8 Å². The van der Waals surface area contributed by atoms with E-state index in [1.165, 1.54) is 21.4 Å². The van der Waals surface area contributed by atoms with Gasteiger partial charge in [0.25, 0.3) is 0 Å². The summed E-state index contributed by atoms with van der Waals surface area (Å²) in [5.41, 5.74) is 2.60. The normalized spacial score (nSPS) is 11.8. The van der Waals surface area contributed by atoms with E-state index in [0.717, 1.165) is 5.75 Å². The second-order valence-corrected chi connectivity index (χ2v) is 7.60. The van der Waals surface area contributed by atoms with Crippen LogP contribution in [0.25, 0.3) is 10.9 Å². The van der Waals surface area contributed by atoms with Gasteiger partial charge in [-0.1, -0.05) is 30.0 Å². The number of para-hydroxylation sites is 1. The van der Waals surface area contributed by atoms with Crippen molar-refractivity contribution in [2.45, 2.75) is 30.5 Å². The van der Waals surface area contributed by atoms with E-state index in [9.17, 15) is 0 Å². The van der Waals surface area contributed by atoms with E-state index in [1.807, 2.05) is 23.9 Å². The first-order valence-corrected chi connectivity index (χ1v) is 8.23. The van der Waals surface area contributed by atoms with Crippen molar-refractivity contribution in [2.24, 2.45) is 0 Å². The molecule has 3 heteroatoms. The molecule has 0 N–H and O–H groups in total. The molecule has 0 amide bonds. The number of nitrogens with zero attached hydrogens (tertiary/aromatic N) is 1. The fourth-order valence-electron chi connectivity index (χ4n) is 2.78. The van der Waals surface area contributed by atoms with Gasteiger partial charge in [0.1, 0.15) is 5.75 Å². The maximum atomic E-state index is 5.23. The van der Waals surface area contributed by atoms with Gasteiger partial charge in [0.2, 0.25) is 0 Å². The van der Waals surface area contributed by atoms with Crippen molar-refractivity contribution in [3.05, 3.63) is 60.3 Å². The highest BCUT2D eigenvalue weighted by Gasteiger charge is 2.24. The number of hydrogen-bond donors (Lipinski definition) is 0. The number of rotatable bonds is 4. The highest BCUT2D eigenvalue weighted by molar-refractivity contribution is 8.00. The Hall–Kier alpha value is -1.87. The predicted octanol–water partition coefficient (Wildman–Crippen LogP) is 5.44. The SMILES string of the molecule is COc1ccc(SC(C)(C)n2cc(C)c3ccccc32)cc1. The van der Waals surface area contributed by atoms with Crippen LogP contribution in [0.4, 0.5) is 0 Å². The number of aromatic nitrogens is 1. The number of fused-ring (bicyclic) bond motifs is 1. The van der Waals surface area contributed by atoms with Crippen LogP contribution in [-0.4, -0.2) is 11.7 Å². The Balaban J connectivity index is 1.96. The molecule has 0 radical (unpaired) electrons. The quantitative estimate of drug-likeness (QED) is 0.595. The second-order valence-electron chi connectivity index (χ2n) is 5.92. The first kappa shape index (κ1) is 15.0. The van der Waals surface area contributed by atoms with Crippen molar-refractivity contribution < 1.29 is 4.74 Å². The van der Waals surface area contributed by atoms with Gasteiger partial charge in [-0.25, -0.2) is 0 Å². The van der Waals surface area contributed by atoms with E-state index in [1.54, 1.807) is 7.11 Å². The molecule has 114 valence electrons. The van der Waals surface area contributed by atoms with Crippen LogP contribution in [0.15, 0.2) is 59.6 Å². The molecule has 3 aromatic rings. The van der Waals surface area contributed by atoms with Gasteiger partial charge in [0.15, 0.2) is 0 Å². The van der Waals surface area contributed by atoms with Crippen molar-refractivity contribution in [1.82, 2.24) is 4.57 Å². The molecule has 2 nitrogen and oxygen atoms in total. The van der Waals surface area contributed by atoms with Crippen LogP contribution in [0.2, 0.25) is 0 Å². The standard InChI is InChI=1S/C19H21NOS/c1-14-13-20(18-8-6-5-7-17(14)18)19(2,3)22-16-11-9-15(21-4)10-12-16/h5-13H,1-4H3. The molecule has 0 atom stereocenters. The molecule has 0 aliphatic rings. The average Bonchev–Trinajstić information content (AvgIpc) is 2.86. The highest BCUT2D eigenvalue weighted by Crippen LogP contribution is 2.40. The Kier molecular flexibility index (Phi) is 3.92. The second kappa shape index (κ2) is 5.73. The third-order valence-electron chi connectivity index (χ3n) is 3.92. The zero-order valence-electron chi connectivity index (χ0n) is 13.5. The summed E-state index contributed by atoms with van der Waals surface area (Å²) in [6, 6.07) is 16.8. The lowest BCUT2D eigenvalue weighted by Gasteiger charge is -2.27. The summed E-state index contributed by atoms with van der Waals surface area (Å²) < 4.78 is 7.60. The molecule has 0 saturated heterocycles. The molecule has 2 aromatic carbocycles. The van der Waals surface area contributed by atoms with E-state index in [0.29, 0.717) is 0 Å². The van der Waals surface area contributed by atoms with E-state index in [4.69, 9.17) is 4.74 Å². The number of thioether (sulfide) groups is 1. The molecule has 0 fully saturated rings. The summed E-state index contributed by atoms with van der Waals surface area (Å²) in [5, 5.41) is 1.32. The minimum atomic E-state index is -0.0670. The molecular weight excluding hydrogens is 290 g/mol. The lowest BCUT2D eigenvalue weighted by atomic mass is 10.2. The first-order valence-electron chi connectivity index (χ1n) is 7.41. The van der Waals surface area contributed by atoms with Gasteiger partial charge in [-0.15, -0.1) is 0 Å². The largest absolute Gasteiger partial charge is 0.497 e. The lowest BCUT2D eigenvalue weighted by Crippen LogP contribution is -2.20. The van der Waals surface area contributed by atoms with Crippen molar-refractivity contribution in [2.75, 3.05) is 7.11 Å². The van der Waals surface area contributed by atoms with Crippen molar-refractivity contribution in [1.29, 1.82) is 0 Å². The average molecular weight is 311 g/mol. The summed E-state index contributed by atoms with van der Waals surface area (Å²) in [7, 11) is 1.70. The number of hydrogen-bond acceptors (Lipinski definition) is 2. The monoisotopic (exact) mass is 311 g/mol. The molecule has 0 spiro atoms. The maximum absolute atomic E-state index is 5.23. The van der Waals surface area contributed by atoms with Gasteiger partial charge in [-0.05, 0) is 56.7 Å². The zero-order valence-corrected chi connectivity index (χ0v) is 14.3. The van der Waals surface area contributed by atoms with Crippen LogP contribution in [-0.2, 0) is 4.87 Å². The smallest absolute Gasteiger partial charge is 0.118 e. The molecule has 0 unspecified atom stereocenters. The van der Waals surface area contributed by atoms with Crippen LogP contribution in [0, 0.1) is 6.92 Å². The molecule has 3 rings (SSSR count). The number of aryl methyl sites for hydroxylation is 1. The van der Waals surface area contributed by atoms with Crippen molar-refractivity contribution in [3.8, 4) is 5.75 Å². The summed E-state index contributed by atoms with van der Waals surface area (Å²) in [6.45, 7) is 6.69. The third-order valence-corrected chi connectivity index (χ3v) is 5.12. The molecule has 22 heavy (non-hydrogen) atoms. The van der Waals surface area contributed by atoms with Gasteiger partial charge in [0.05, 0.1) is 12.0 Å². The van der Waals surface area contributed by atoms with Crippen molar-refractivity contribution >= 4 is 22.7 Å². The Morgan fingerprint density at radius 1 is 1.00 bits per heavy atom. The molecule has 0 saturated carbocycles. The number of methoxy groups -OCH3 is 1. The number of benzene rings is 2. The van der Waals surface area contributed by atoms with E-state index < -0.39 is 0 Å². The maximum Gasteiger partial charge on any atom is 0.118 e. The minimum Gasteiger partial charge on any atom is -0.497 e. The minimum absolute atomic E-state index is 0.0670. The Labute approximate surface area is 136 Å². The first-order chi connectivity index (χ1) is 10.5. The Morgan fingerprint density at radius 2 is 1.68 bits per heavy atom. The van der Waals surface area contributed by atoms with Crippen LogP contribution in [0.5, 0.6) is 5.75 Å². The zero-order chi connectivity index (χ0) is 15.7. The molecule has 1 heterocycles.